The van der Waals surface area contributed by atoms with Crippen LogP contribution in [-0.2, 0) is 14.3 Å². The first-order valence-corrected chi connectivity index (χ1v) is 7.62. The van der Waals surface area contributed by atoms with Crippen LogP contribution in [0.15, 0.2) is 24.3 Å². The van der Waals surface area contributed by atoms with E-state index in [1.54, 1.807) is 12.1 Å². The molecule has 0 atom stereocenters. The molecule has 124 valence electrons. The summed E-state index contributed by atoms with van der Waals surface area (Å²) in [4.78, 5) is 24.6. The minimum absolute atomic E-state index is 0.105. The summed E-state index contributed by atoms with van der Waals surface area (Å²) in [7, 11) is 0. The Labute approximate surface area is 133 Å². The van der Waals surface area contributed by atoms with E-state index in [9.17, 15) is 14.9 Å². The van der Waals surface area contributed by atoms with Crippen LogP contribution in [0.5, 0.6) is 0 Å². The van der Waals surface area contributed by atoms with Gasteiger partial charge >= 0.3 is 0 Å². The number of carbonyl (C=O) groups is 1. The second kappa shape index (κ2) is 6.61. The van der Waals surface area contributed by atoms with Crippen molar-refractivity contribution in [2.75, 3.05) is 38.2 Å². The van der Waals surface area contributed by atoms with Crippen molar-refractivity contribution in [3.63, 3.8) is 0 Å². The van der Waals surface area contributed by atoms with Gasteiger partial charge in [0.05, 0.1) is 24.7 Å². The van der Waals surface area contributed by atoms with Crippen LogP contribution in [0.25, 0.3) is 0 Å². The van der Waals surface area contributed by atoms with Gasteiger partial charge in [-0.05, 0) is 6.07 Å². The lowest BCUT2D eigenvalue weighted by Crippen LogP contribution is -2.47. The molecule has 2 fully saturated rings. The number of nitro groups is 1. The highest BCUT2D eigenvalue weighted by atomic mass is 16.7. The molecule has 0 aromatic heterocycles. The topological polar surface area (TPSA) is 93.9 Å². The van der Waals surface area contributed by atoms with Gasteiger partial charge in [-0.25, -0.2) is 0 Å². The predicted molar refractivity (Wildman–Crippen MR) is 82.0 cm³/mol. The lowest BCUT2D eigenvalue weighted by molar-refractivity contribution is -0.383. The van der Waals surface area contributed by atoms with Gasteiger partial charge in [-0.1, -0.05) is 12.1 Å². The normalized spacial score (nSPS) is 20.5. The van der Waals surface area contributed by atoms with Gasteiger partial charge in [-0.15, -0.1) is 0 Å². The fraction of sp³-hybridized carbons (Fsp3) is 0.533. The molecule has 1 aromatic carbocycles. The van der Waals surface area contributed by atoms with E-state index in [1.807, 2.05) is 4.90 Å². The van der Waals surface area contributed by atoms with E-state index >= 15 is 0 Å². The largest absolute Gasteiger partial charge is 0.347 e. The number of benzene rings is 1. The average molecular weight is 321 g/mol. The van der Waals surface area contributed by atoms with Crippen molar-refractivity contribution in [2.45, 2.75) is 18.6 Å². The fourth-order valence-electron chi connectivity index (χ4n) is 2.97. The number of para-hydroxylation sites is 2. The summed E-state index contributed by atoms with van der Waals surface area (Å²) in [5.74, 6) is -0.728. The molecule has 3 rings (SSSR count). The Bertz CT molecular complexity index is 591. The highest BCUT2D eigenvalue weighted by Gasteiger charge is 2.39. The third kappa shape index (κ3) is 3.66. The molecular formula is C15H19N3O5. The van der Waals surface area contributed by atoms with Crippen molar-refractivity contribution >= 4 is 17.3 Å². The van der Waals surface area contributed by atoms with Crippen molar-refractivity contribution in [3.8, 4) is 0 Å². The van der Waals surface area contributed by atoms with Gasteiger partial charge in [0.15, 0.2) is 5.79 Å². The van der Waals surface area contributed by atoms with Gasteiger partial charge in [0.1, 0.15) is 5.69 Å². The van der Waals surface area contributed by atoms with Crippen molar-refractivity contribution in [3.05, 3.63) is 34.4 Å². The quantitative estimate of drug-likeness (QED) is 0.665. The average Bonchev–Trinajstić information content (AvgIpc) is 2.98. The first-order chi connectivity index (χ1) is 11.1. The molecule has 2 aliphatic rings. The van der Waals surface area contributed by atoms with Crippen molar-refractivity contribution in [2.24, 2.45) is 0 Å². The van der Waals surface area contributed by atoms with Crippen LogP contribution < -0.4 is 5.32 Å². The maximum Gasteiger partial charge on any atom is 0.292 e. The number of nitrogens with zero attached hydrogens (tertiary/aromatic N) is 2. The number of rotatable bonds is 4. The maximum absolute atomic E-state index is 12.1. The zero-order chi connectivity index (χ0) is 16.3. The van der Waals surface area contributed by atoms with Gasteiger partial charge < -0.3 is 14.8 Å². The highest BCUT2D eigenvalue weighted by molar-refractivity contribution is 5.94. The van der Waals surface area contributed by atoms with Crippen LogP contribution in [0.3, 0.4) is 0 Å². The van der Waals surface area contributed by atoms with E-state index < -0.39 is 10.7 Å². The van der Waals surface area contributed by atoms with E-state index in [0.717, 1.165) is 12.8 Å². The SMILES string of the molecule is O=C(CN1CCC2(CC1)OCCO2)Nc1ccccc1[N+](=O)[O-]. The summed E-state index contributed by atoms with van der Waals surface area (Å²) in [5, 5.41) is 13.6. The number of hydrogen-bond acceptors (Lipinski definition) is 6. The molecule has 1 aromatic rings. The van der Waals surface area contributed by atoms with E-state index in [1.165, 1.54) is 12.1 Å². The van der Waals surface area contributed by atoms with Crippen LogP contribution >= 0.6 is 0 Å². The van der Waals surface area contributed by atoms with Crippen LogP contribution in [0.1, 0.15) is 12.8 Å². The van der Waals surface area contributed by atoms with E-state index in [2.05, 4.69) is 5.32 Å². The van der Waals surface area contributed by atoms with Crippen molar-refractivity contribution < 1.29 is 19.2 Å². The van der Waals surface area contributed by atoms with Crippen LogP contribution in [0.4, 0.5) is 11.4 Å². The molecule has 1 amide bonds. The molecular weight excluding hydrogens is 302 g/mol. The van der Waals surface area contributed by atoms with E-state index in [4.69, 9.17) is 9.47 Å². The second-order valence-electron chi connectivity index (χ2n) is 5.71. The maximum atomic E-state index is 12.1. The lowest BCUT2D eigenvalue weighted by Gasteiger charge is -2.37. The molecule has 2 aliphatic heterocycles. The molecule has 1 N–H and O–H groups in total. The summed E-state index contributed by atoms with van der Waals surface area (Å²) >= 11 is 0. The van der Waals surface area contributed by atoms with Gasteiger partial charge in [-0.2, -0.15) is 0 Å². The van der Waals surface area contributed by atoms with Gasteiger partial charge in [0.2, 0.25) is 5.91 Å². The van der Waals surface area contributed by atoms with E-state index in [0.29, 0.717) is 26.3 Å². The number of amides is 1. The highest BCUT2D eigenvalue weighted by Crippen LogP contribution is 2.31. The molecule has 0 aliphatic carbocycles. The second-order valence-corrected chi connectivity index (χ2v) is 5.71. The Hall–Kier alpha value is -2.03. The number of nitro benzene ring substituents is 1. The Morgan fingerprint density at radius 2 is 1.91 bits per heavy atom. The standard InChI is InChI=1S/C15H19N3O5/c19-14(16-12-3-1-2-4-13(12)18(20)21)11-17-7-5-15(6-8-17)22-9-10-23-15/h1-4H,5-11H2,(H,16,19). The lowest BCUT2D eigenvalue weighted by atomic mass is 10.0. The first kappa shape index (κ1) is 15.9. The summed E-state index contributed by atoms with van der Waals surface area (Å²) in [6.45, 7) is 2.84. The Morgan fingerprint density at radius 3 is 2.57 bits per heavy atom. The minimum Gasteiger partial charge on any atom is -0.347 e. The third-order valence-corrected chi connectivity index (χ3v) is 4.17. The number of nitrogens with one attached hydrogen (secondary N) is 1. The van der Waals surface area contributed by atoms with Crippen LogP contribution in [0.2, 0.25) is 0 Å². The summed E-state index contributed by atoms with van der Waals surface area (Å²) in [6, 6.07) is 6.12. The Morgan fingerprint density at radius 1 is 1.26 bits per heavy atom. The molecule has 0 saturated carbocycles. The summed E-state index contributed by atoms with van der Waals surface area (Å²) in [5.41, 5.74) is 0.115. The van der Waals surface area contributed by atoms with Gasteiger partial charge in [-0.3, -0.25) is 19.8 Å². The minimum atomic E-state index is -0.505. The number of piperidine rings is 1. The van der Waals surface area contributed by atoms with Crippen molar-refractivity contribution in [1.82, 2.24) is 4.90 Å². The summed E-state index contributed by atoms with van der Waals surface area (Å²) < 4.78 is 11.3. The van der Waals surface area contributed by atoms with Crippen molar-refractivity contribution in [1.29, 1.82) is 0 Å². The smallest absolute Gasteiger partial charge is 0.292 e. The number of hydrogen-bond donors (Lipinski definition) is 1. The number of anilines is 1. The molecule has 0 bridgehead atoms. The van der Waals surface area contributed by atoms with Gasteiger partial charge in [0.25, 0.3) is 5.69 Å². The number of likely N-dealkylation sites (tertiary alicyclic amines) is 1. The Kier molecular flexibility index (Phi) is 4.56. The molecule has 1 spiro atoms. The number of carbonyl (C=O) groups excluding carboxylic acids is 1. The summed E-state index contributed by atoms with van der Waals surface area (Å²) in [6.07, 6.45) is 1.46. The molecule has 0 unspecified atom stereocenters. The monoisotopic (exact) mass is 321 g/mol. The number of ether oxygens (including phenoxy) is 2. The third-order valence-electron chi connectivity index (χ3n) is 4.17. The van der Waals surface area contributed by atoms with Crippen LogP contribution in [0, 0.1) is 10.1 Å². The zero-order valence-electron chi connectivity index (χ0n) is 12.7. The zero-order valence-corrected chi connectivity index (χ0v) is 12.7. The molecule has 8 heteroatoms. The fourth-order valence-corrected chi connectivity index (χ4v) is 2.97. The molecule has 0 radical (unpaired) electrons. The Balaban J connectivity index is 1.53. The first-order valence-electron chi connectivity index (χ1n) is 7.62. The molecule has 8 nitrogen and oxygen atoms in total. The van der Waals surface area contributed by atoms with Gasteiger partial charge in [0, 0.05) is 32.0 Å². The molecule has 23 heavy (non-hydrogen) atoms. The molecule has 2 heterocycles. The van der Waals surface area contributed by atoms with E-state index in [-0.39, 0.29) is 23.8 Å². The van der Waals surface area contributed by atoms with Crippen LogP contribution in [-0.4, -0.2) is 54.4 Å². The predicted octanol–water partition coefficient (Wildman–Crippen LogP) is 1.37. The molecule has 2 saturated heterocycles.